The standard InChI is InChI=1S/C11H11N3O4S/c1-7-9(11(15)16)3-2-4-10(7)19(17,18)14-8-5-12-13-6-8/h2-6,14H,1H3,(H,12,13)(H,15,16). The highest BCUT2D eigenvalue weighted by molar-refractivity contribution is 7.92. The number of hydrogen-bond acceptors (Lipinski definition) is 4. The summed E-state index contributed by atoms with van der Waals surface area (Å²) in [6.45, 7) is 1.45. The van der Waals surface area contributed by atoms with Gasteiger partial charge in [-0.25, -0.2) is 13.2 Å². The Hall–Kier alpha value is -2.35. The lowest BCUT2D eigenvalue weighted by Crippen LogP contribution is -2.15. The average Bonchev–Trinajstić information content (AvgIpc) is 2.80. The lowest BCUT2D eigenvalue weighted by molar-refractivity contribution is 0.0696. The molecule has 3 N–H and O–H groups in total. The van der Waals surface area contributed by atoms with E-state index in [1.165, 1.54) is 37.5 Å². The molecule has 0 radical (unpaired) electrons. The van der Waals surface area contributed by atoms with Crippen molar-refractivity contribution in [1.82, 2.24) is 10.2 Å². The smallest absolute Gasteiger partial charge is 0.335 e. The zero-order chi connectivity index (χ0) is 14.0. The number of aromatic carboxylic acids is 1. The Morgan fingerprint density at radius 2 is 2.16 bits per heavy atom. The zero-order valence-electron chi connectivity index (χ0n) is 9.91. The fraction of sp³-hybridized carbons (Fsp3) is 0.0909. The van der Waals surface area contributed by atoms with Gasteiger partial charge in [0.2, 0.25) is 0 Å². The van der Waals surface area contributed by atoms with Gasteiger partial charge in [0.1, 0.15) is 0 Å². The van der Waals surface area contributed by atoms with Crippen molar-refractivity contribution in [3.8, 4) is 0 Å². The predicted octanol–water partition coefficient (Wildman–Crippen LogP) is 1.22. The fourth-order valence-corrected chi connectivity index (χ4v) is 2.96. The molecule has 0 aliphatic heterocycles. The Bertz CT molecular complexity index is 708. The predicted molar refractivity (Wildman–Crippen MR) is 67.5 cm³/mol. The summed E-state index contributed by atoms with van der Waals surface area (Å²) < 4.78 is 26.6. The SMILES string of the molecule is Cc1c(C(=O)O)cccc1S(=O)(=O)Nc1cn[nH]c1. The number of rotatable bonds is 4. The van der Waals surface area contributed by atoms with E-state index < -0.39 is 16.0 Å². The summed E-state index contributed by atoms with van der Waals surface area (Å²) in [5.74, 6) is -1.17. The van der Waals surface area contributed by atoms with Crippen molar-refractivity contribution in [2.24, 2.45) is 0 Å². The molecule has 1 heterocycles. The number of aromatic amines is 1. The Morgan fingerprint density at radius 1 is 1.42 bits per heavy atom. The van der Waals surface area contributed by atoms with E-state index in [0.717, 1.165) is 0 Å². The quantitative estimate of drug-likeness (QED) is 0.780. The topological polar surface area (TPSA) is 112 Å². The Kier molecular flexibility index (Phi) is 3.26. The molecule has 0 amide bonds. The molecule has 0 saturated heterocycles. The fourth-order valence-electron chi connectivity index (χ4n) is 1.65. The lowest BCUT2D eigenvalue weighted by atomic mass is 10.1. The lowest BCUT2D eigenvalue weighted by Gasteiger charge is -2.10. The van der Waals surface area contributed by atoms with Crippen LogP contribution in [0.4, 0.5) is 5.69 Å². The first-order valence-corrected chi connectivity index (χ1v) is 6.74. The van der Waals surface area contributed by atoms with Crippen molar-refractivity contribution in [3.05, 3.63) is 41.7 Å². The van der Waals surface area contributed by atoms with Gasteiger partial charge in [-0.15, -0.1) is 0 Å². The molecule has 2 aromatic rings. The first-order valence-electron chi connectivity index (χ1n) is 5.26. The maximum Gasteiger partial charge on any atom is 0.335 e. The molecule has 7 nitrogen and oxygen atoms in total. The van der Waals surface area contributed by atoms with Crippen LogP contribution in [0.3, 0.4) is 0 Å². The van der Waals surface area contributed by atoms with Crippen LogP contribution in [0, 0.1) is 6.92 Å². The van der Waals surface area contributed by atoms with Crippen LogP contribution in [0.25, 0.3) is 0 Å². The highest BCUT2D eigenvalue weighted by Gasteiger charge is 2.20. The van der Waals surface area contributed by atoms with Gasteiger partial charge in [-0.2, -0.15) is 5.10 Å². The van der Waals surface area contributed by atoms with Gasteiger partial charge in [0, 0.05) is 6.20 Å². The van der Waals surface area contributed by atoms with Gasteiger partial charge < -0.3 is 5.11 Å². The number of carboxylic acid groups (broad SMARTS) is 1. The molecule has 19 heavy (non-hydrogen) atoms. The van der Waals surface area contributed by atoms with Gasteiger partial charge in [0.15, 0.2) is 0 Å². The van der Waals surface area contributed by atoms with Gasteiger partial charge in [0.05, 0.1) is 22.3 Å². The molecule has 0 bridgehead atoms. The molecule has 100 valence electrons. The molecule has 0 aliphatic carbocycles. The molecular weight excluding hydrogens is 270 g/mol. The third kappa shape index (κ3) is 2.58. The van der Waals surface area contributed by atoms with Crippen molar-refractivity contribution in [2.45, 2.75) is 11.8 Å². The molecule has 0 unspecified atom stereocenters. The summed E-state index contributed by atoms with van der Waals surface area (Å²) in [7, 11) is -3.84. The van der Waals surface area contributed by atoms with Gasteiger partial charge in [0.25, 0.3) is 10.0 Å². The minimum Gasteiger partial charge on any atom is -0.478 e. The number of sulfonamides is 1. The van der Waals surface area contributed by atoms with E-state index in [-0.39, 0.29) is 21.7 Å². The van der Waals surface area contributed by atoms with E-state index >= 15 is 0 Å². The molecule has 8 heteroatoms. The monoisotopic (exact) mass is 281 g/mol. The van der Waals surface area contributed by atoms with Crippen LogP contribution in [-0.2, 0) is 10.0 Å². The van der Waals surface area contributed by atoms with Crippen LogP contribution in [0.2, 0.25) is 0 Å². The third-order valence-corrected chi connectivity index (χ3v) is 4.08. The molecule has 1 aromatic carbocycles. The largest absolute Gasteiger partial charge is 0.478 e. The number of carboxylic acids is 1. The van der Waals surface area contributed by atoms with Crippen LogP contribution in [0.1, 0.15) is 15.9 Å². The minimum absolute atomic E-state index is 0.0462. The second-order valence-corrected chi connectivity index (χ2v) is 5.48. The van der Waals surface area contributed by atoms with Crippen molar-refractivity contribution in [2.75, 3.05) is 4.72 Å². The molecule has 0 fully saturated rings. The number of hydrogen-bond donors (Lipinski definition) is 3. The molecular formula is C11H11N3O4S. The molecule has 2 rings (SSSR count). The van der Waals surface area contributed by atoms with E-state index in [2.05, 4.69) is 14.9 Å². The van der Waals surface area contributed by atoms with Crippen molar-refractivity contribution < 1.29 is 18.3 Å². The molecule has 0 saturated carbocycles. The Labute approximate surface area is 109 Å². The van der Waals surface area contributed by atoms with E-state index in [0.29, 0.717) is 0 Å². The minimum atomic E-state index is -3.84. The second-order valence-electron chi connectivity index (χ2n) is 3.83. The summed E-state index contributed by atoms with van der Waals surface area (Å²) in [4.78, 5) is 10.9. The maximum atomic E-state index is 12.1. The highest BCUT2D eigenvalue weighted by atomic mass is 32.2. The van der Waals surface area contributed by atoms with E-state index in [4.69, 9.17) is 5.11 Å². The van der Waals surface area contributed by atoms with Gasteiger partial charge in [-0.3, -0.25) is 9.82 Å². The van der Waals surface area contributed by atoms with Gasteiger partial charge >= 0.3 is 5.97 Å². The highest BCUT2D eigenvalue weighted by Crippen LogP contribution is 2.21. The zero-order valence-corrected chi connectivity index (χ0v) is 10.7. The summed E-state index contributed by atoms with van der Waals surface area (Å²) in [6.07, 6.45) is 2.70. The average molecular weight is 281 g/mol. The molecule has 0 aliphatic rings. The Morgan fingerprint density at radius 3 is 2.74 bits per heavy atom. The van der Waals surface area contributed by atoms with Gasteiger partial charge in [-0.1, -0.05) is 6.07 Å². The van der Waals surface area contributed by atoms with E-state index in [1.807, 2.05) is 0 Å². The summed E-state index contributed by atoms with van der Waals surface area (Å²) in [5.41, 5.74) is 0.418. The number of benzene rings is 1. The number of anilines is 1. The summed E-state index contributed by atoms with van der Waals surface area (Å²) >= 11 is 0. The van der Waals surface area contributed by atoms with Crippen LogP contribution in [0.15, 0.2) is 35.5 Å². The number of carbonyl (C=O) groups is 1. The van der Waals surface area contributed by atoms with Crippen molar-refractivity contribution in [3.63, 3.8) is 0 Å². The van der Waals surface area contributed by atoms with Crippen molar-refractivity contribution in [1.29, 1.82) is 0 Å². The van der Waals surface area contributed by atoms with Crippen molar-refractivity contribution >= 4 is 21.7 Å². The molecule has 1 aromatic heterocycles. The number of aromatic nitrogens is 2. The normalized spacial score (nSPS) is 11.2. The van der Waals surface area contributed by atoms with Crippen LogP contribution >= 0.6 is 0 Å². The van der Waals surface area contributed by atoms with Crippen LogP contribution in [0.5, 0.6) is 0 Å². The summed E-state index contributed by atoms with van der Waals surface area (Å²) in [5, 5.41) is 15.1. The third-order valence-electron chi connectivity index (χ3n) is 2.55. The van der Waals surface area contributed by atoms with Gasteiger partial charge in [-0.05, 0) is 24.6 Å². The van der Waals surface area contributed by atoms with Crippen LogP contribution in [-0.4, -0.2) is 29.7 Å². The number of nitrogens with one attached hydrogen (secondary N) is 2. The van der Waals surface area contributed by atoms with Crippen LogP contribution < -0.4 is 4.72 Å². The number of H-pyrrole nitrogens is 1. The first kappa shape index (κ1) is 13.1. The Balaban J connectivity index is 2.47. The second kappa shape index (κ2) is 4.73. The molecule has 0 spiro atoms. The maximum absolute atomic E-state index is 12.1. The van der Waals surface area contributed by atoms with E-state index in [1.54, 1.807) is 0 Å². The summed E-state index contributed by atoms with van der Waals surface area (Å²) in [6, 6.07) is 4.10. The van der Waals surface area contributed by atoms with E-state index in [9.17, 15) is 13.2 Å². The first-order chi connectivity index (χ1) is 8.92. The molecule has 0 atom stereocenters. The number of nitrogens with zero attached hydrogens (tertiary/aromatic N) is 1.